The van der Waals surface area contributed by atoms with Crippen LogP contribution >= 0.6 is 11.3 Å². The third kappa shape index (κ3) is 5.05. The van der Waals surface area contributed by atoms with Crippen molar-refractivity contribution in [3.63, 3.8) is 0 Å². The highest BCUT2D eigenvalue weighted by atomic mass is 32.1. The molecule has 0 aliphatic heterocycles. The van der Waals surface area contributed by atoms with E-state index in [1.807, 2.05) is 71.4 Å². The average Bonchev–Trinajstić information content (AvgIpc) is 3.53. The summed E-state index contributed by atoms with van der Waals surface area (Å²) in [6.07, 6.45) is 4.28. The molecule has 4 rings (SSSR count). The van der Waals surface area contributed by atoms with Crippen molar-refractivity contribution >= 4 is 28.5 Å². The number of benzene rings is 2. The van der Waals surface area contributed by atoms with Crippen LogP contribution in [0.2, 0.25) is 0 Å². The van der Waals surface area contributed by atoms with Crippen LogP contribution in [0.5, 0.6) is 5.75 Å². The highest BCUT2D eigenvalue weighted by Crippen LogP contribution is 2.31. The number of ether oxygens (including phenoxy) is 1. The predicted octanol–water partition coefficient (Wildman–Crippen LogP) is 5.42. The Labute approximate surface area is 202 Å². The zero-order valence-electron chi connectivity index (χ0n) is 18.8. The Morgan fingerprint density at radius 1 is 1.15 bits per heavy atom. The summed E-state index contributed by atoms with van der Waals surface area (Å²) in [5.41, 5.74) is 2.70. The van der Waals surface area contributed by atoms with Crippen molar-refractivity contribution < 1.29 is 9.53 Å². The van der Waals surface area contributed by atoms with Gasteiger partial charge in [0.2, 0.25) is 5.13 Å². The Hall–Kier alpha value is -4.22. The van der Waals surface area contributed by atoms with Gasteiger partial charge in [-0.1, -0.05) is 48.6 Å². The molecule has 7 nitrogen and oxygen atoms in total. The molecule has 8 heteroatoms. The Morgan fingerprint density at radius 3 is 2.59 bits per heavy atom. The minimum Gasteiger partial charge on any atom is -0.497 e. The number of hydrogen-bond acceptors (Lipinski definition) is 6. The summed E-state index contributed by atoms with van der Waals surface area (Å²) in [5, 5.41) is 22.0. The first-order valence-corrected chi connectivity index (χ1v) is 11.6. The van der Waals surface area contributed by atoms with Gasteiger partial charge in [0.15, 0.2) is 0 Å². The second kappa shape index (κ2) is 10.6. The van der Waals surface area contributed by atoms with Crippen LogP contribution in [0.4, 0.5) is 5.13 Å². The lowest BCUT2D eigenvalue weighted by Gasteiger charge is -2.11. The first kappa shape index (κ1) is 23.0. The molecule has 2 aromatic carbocycles. The third-order valence-corrected chi connectivity index (χ3v) is 6.31. The Kier molecular flexibility index (Phi) is 7.16. The molecule has 1 amide bonds. The van der Waals surface area contributed by atoms with Gasteiger partial charge in [-0.05, 0) is 54.5 Å². The SMILES string of the molecule is CCC(c1ccccc1)c1nnc(NC(=O)/C(C#N)=C\c2cccn2-c2ccc(OC)cc2)s1. The molecule has 2 heterocycles. The van der Waals surface area contributed by atoms with Crippen molar-refractivity contribution in [1.29, 1.82) is 5.26 Å². The lowest BCUT2D eigenvalue weighted by molar-refractivity contribution is -0.112. The van der Waals surface area contributed by atoms with E-state index < -0.39 is 5.91 Å². The smallest absolute Gasteiger partial charge is 0.268 e. The fourth-order valence-electron chi connectivity index (χ4n) is 3.61. The summed E-state index contributed by atoms with van der Waals surface area (Å²) in [7, 11) is 1.61. The molecule has 2 aromatic heterocycles. The molecule has 0 radical (unpaired) electrons. The molecule has 0 aliphatic rings. The largest absolute Gasteiger partial charge is 0.497 e. The van der Waals surface area contributed by atoms with E-state index >= 15 is 0 Å². The number of nitrogens with one attached hydrogen (secondary N) is 1. The van der Waals surface area contributed by atoms with Crippen LogP contribution in [-0.4, -0.2) is 27.8 Å². The molecular formula is C26H23N5O2S. The van der Waals surface area contributed by atoms with E-state index in [1.54, 1.807) is 13.2 Å². The summed E-state index contributed by atoms with van der Waals surface area (Å²) in [4.78, 5) is 12.8. The summed E-state index contributed by atoms with van der Waals surface area (Å²) >= 11 is 1.32. The standard InChI is InChI=1S/C26H23N5O2S/c1-3-23(18-8-5-4-6-9-18)25-29-30-26(34-25)28-24(32)19(17-27)16-21-10-7-15-31(21)20-11-13-22(33-2)14-12-20/h4-16,23H,3H2,1-2H3,(H,28,30,32)/b19-16-. The maximum absolute atomic E-state index is 12.8. The van der Waals surface area contributed by atoms with Crippen molar-refractivity contribution in [2.75, 3.05) is 12.4 Å². The van der Waals surface area contributed by atoms with Gasteiger partial charge < -0.3 is 9.30 Å². The quantitative estimate of drug-likeness (QED) is 0.275. The summed E-state index contributed by atoms with van der Waals surface area (Å²) < 4.78 is 7.10. The molecule has 0 aliphatic carbocycles. The van der Waals surface area contributed by atoms with Crippen molar-refractivity contribution in [2.24, 2.45) is 0 Å². The maximum Gasteiger partial charge on any atom is 0.268 e. The van der Waals surface area contributed by atoms with E-state index in [9.17, 15) is 10.1 Å². The molecule has 4 aromatic rings. The number of nitriles is 1. The van der Waals surface area contributed by atoms with Crippen molar-refractivity contribution in [2.45, 2.75) is 19.3 Å². The molecule has 0 bridgehead atoms. The number of amides is 1. The van der Waals surface area contributed by atoms with Gasteiger partial charge >= 0.3 is 0 Å². The molecular weight excluding hydrogens is 446 g/mol. The molecule has 0 saturated carbocycles. The number of anilines is 1. The third-order valence-electron chi connectivity index (χ3n) is 5.36. The molecule has 1 unspecified atom stereocenters. The Morgan fingerprint density at radius 2 is 1.91 bits per heavy atom. The number of aromatic nitrogens is 3. The molecule has 0 spiro atoms. The molecule has 34 heavy (non-hydrogen) atoms. The minimum absolute atomic E-state index is 0.0275. The van der Waals surface area contributed by atoms with Crippen LogP contribution in [0, 0.1) is 11.3 Å². The zero-order valence-corrected chi connectivity index (χ0v) is 19.6. The number of rotatable bonds is 8. The van der Waals surface area contributed by atoms with Crippen LogP contribution in [0.1, 0.15) is 35.5 Å². The number of nitrogens with zero attached hydrogens (tertiary/aromatic N) is 4. The van der Waals surface area contributed by atoms with Crippen molar-refractivity contribution in [3.05, 3.63) is 94.8 Å². The van der Waals surface area contributed by atoms with Gasteiger partial charge in [-0.25, -0.2) is 0 Å². The topological polar surface area (TPSA) is 92.8 Å². The first-order chi connectivity index (χ1) is 16.6. The highest BCUT2D eigenvalue weighted by molar-refractivity contribution is 7.15. The monoisotopic (exact) mass is 469 g/mol. The minimum atomic E-state index is -0.527. The van der Waals surface area contributed by atoms with Gasteiger partial charge in [0, 0.05) is 23.5 Å². The number of carbonyl (C=O) groups excluding carboxylic acids is 1. The lowest BCUT2D eigenvalue weighted by atomic mass is 9.97. The van der Waals surface area contributed by atoms with E-state index in [0.717, 1.165) is 28.4 Å². The fraction of sp³-hybridized carbons (Fsp3) is 0.154. The lowest BCUT2D eigenvalue weighted by Crippen LogP contribution is -2.13. The van der Waals surface area contributed by atoms with Gasteiger partial charge in [-0.15, -0.1) is 10.2 Å². The van der Waals surface area contributed by atoms with E-state index in [0.29, 0.717) is 10.8 Å². The van der Waals surface area contributed by atoms with Crippen LogP contribution in [0.3, 0.4) is 0 Å². The van der Waals surface area contributed by atoms with Crippen LogP contribution < -0.4 is 10.1 Å². The maximum atomic E-state index is 12.8. The van der Waals surface area contributed by atoms with Gasteiger partial charge in [0.05, 0.1) is 7.11 Å². The predicted molar refractivity (Wildman–Crippen MR) is 133 cm³/mol. The van der Waals surface area contributed by atoms with Crippen molar-refractivity contribution in [1.82, 2.24) is 14.8 Å². The number of hydrogen-bond donors (Lipinski definition) is 1. The summed E-state index contributed by atoms with van der Waals surface area (Å²) in [6.45, 7) is 2.09. The van der Waals surface area contributed by atoms with E-state index in [-0.39, 0.29) is 11.5 Å². The molecule has 0 saturated heterocycles. The van der Waals surface area contributed by atoms with E-state index in [4.69, 9.17) is 4.74 Å². The number of carbonyl (C=O) groups is 1. The van der Waals surface area contributed by atoms with Crippen LogP contribution in [0.15, 0.2) is 78.5 Å². The van der Waals surface area contributed by atoms with Crippen molar-refractivity contribution in [3.8, 4) is 17.5 Å². The molecule has 1 N–H and O–H groups in total. The van der Waals surface area contributed by atoms with Gasteiger partial charge in [-0.2, -0.15) is 5.26 Å². The second-order valence-corrected chi connectivity index (χ2v) is 8.45. The van der Waals surface area contributed by atoms with Gasteiger partial charge in [0.25, 0.3) is 5.91 Å². The Balaban J connectivity index is 1.52. The zero-order chi connectivity index (χ0) is 23.9. The van der Waals surface area contributed by atoms with Gasteiger partial charge in [-0.3, -0.25) is 10.1 Å². The summed E-state index contributed by atoms with van der Waals surface area (Å²) in [5.74, 6) is 0.322. The number of methoxy groups -OCH3 is 1. The molecule has 170 valence electrons. The van der Waals surface area contributed by atoms with E-state index in [1.165, 1.54) is 11.3 Å². The molecule has 0 fully saturated rings. The summed E-state index contributed by atoms with van der Waals surface area (Å²) in [6, 6.07) is 23.3. The normalized spacial score (nSPS) is 12.1. The molecule has 1 atom stereocenters. The van der Waals surface area contributed by atoms with Gasteiger partial charge in [0.1, 0.15) is 22.4 Å². The highest BCUT2D eigenvalue weighted by Gasteiger charge is 2.19. The van der Waals surface area contributed by atoms with E-state index in [2.05, 4.69) is 34.6 Å². The Bertz CT molecular complexity index is 1330. The first-order valence-electron chi connectivity index (χ1n) is 10.8. The van der Waals surface area contributed by atoms with Crippen LogP contribution in [0.25, 0.3) is 11.8 Å². The average molecular weight is 470 g/mol. The van der Waals surface area contributed by atoms with Crippen LogP contribution in [-0.2, 0) is 4.79 Å². The second-order valence-electron chi connectivity index (χ2n) is 7.44. The fourth-order valence-corrected chi connectivity index (χ4v) is 4.56.